The van der Waals surface area contributed by atoms with Gasteiger partial charge in [-0.05, 0) is 30.2 Å². The second-order valence-corrected chi connectivity index (χ2v) is 8.08. The van der Waals surface area contributed by atoms with E-state index in [0.29, 0.717) is 24.6 Å². The molecule has 0 radical (unpaired) electrons. The molecule has 3 aromatic rings. The van der Waals surface area contributed by atoms with Crippen molar-refractivity contribution in [2.45, 2.75) is 26.1 Å². The molecule has 0 heterocycles. The number of benzene rings is 3. The predicted octanol–water partition coefficient (Wildman–Crippen LogP) is 3.59. The molecule has 3 aromatic carbocycles. The Bertz CT molecular complexity index is 1100. The topological polar surface area (TPSA) is 94.2 Å². The molecule has 1 atom stereocenters. The van der Waals surface area contributed by atoms with E-state index >= 15 is 0 Å². The number of carbonyl (C=O) groups excluding carboxylic acids is 3. The fourth-order valence-electron chi connectivity index (χ4n) is 3.56. The molecule has 0 bridgehead atoms. The third kappa shape index (κ3) is 7.59. The number of ether oxygens (including phenoxy) is 3. The number of hydrogen-bond acceptors (Lipinski definition) is 6. The summed E-state index contributed by atoms with van der Waals surface area (Å²) < 4.78 is 15.7. The van der Waals surface area contributed by atoms with Crippen LogP contribution < -0.4 is 14.8 Å². The summed E-state index contributed by atoms with van der Waals surface area (Å²) in [6.07, 6.45) is -1.03. The number of methoxy groups -OCH3 is 2. The Hall–Kier alpha value is -4.33. The highest BCUT2D eigenvalue weighted by molar-refractivity contribution is 5.97. The standard InChI is InChI=1S/C28H30N2O6/c1-20(36-26(31)17-29-27(32)23-14-24(34-2)16-25(15-23)35-3)28(33)30(18-21-10-6-4-7-11-21)19-22-12-8-5-9-13-22/h4-16,20H,17-19H2,1-3H3,(H,29,32). The van der Waals surface area contributed by atoms with Crippen LogP contribution in [-0.4, -0.2) is 49.6 Å². The number of amides is 2. The lowest BCUT2D eigenvalue weighted by atomic mass is 10.1. The van der Waals surface area contributed by atoms with Gasteiger partial charge in [-0.2, -0.15) is 0 Å². The first-order valence-electron chi connectivity index (χ1n) is 11.5. The molecule has 8 nitrogen and oxygen atoms in total. The molecule has 0 fully saturated rings. The Balaban J connectivity index is 1.61. The van der Waals surface area contributed by atoms with Crippen molar-refractivity contribution in [3.05, 3.63) is 95.6 Å². The van der Waals surface area contributed by atoms with Crippen molar-refractivity contribution in [3.63, 3.8) is 0 Å². The average molecular weight is 491 g/mol. The number of esters is 1. The Kier molecular flexibility index (Phi) is 9.45. The molecule has 188 valence electrons. The van der Waals surface area contributed by atoms with Gasteiger partial charge >= 0.3 is 5.97 Å². The number of nitrogens with zero attached hydrogens (tertiary/aromatic N) is 1. The van der Waals surface area contributed by atoms with E-state index in [0.717, 1.165) is 11.1 Å². The summed E-state index contributed by atoms with van der Waals surface area (Å²) in [6.45, 7) is 1.86. The molecule has 0 aliphatic heterocycles. The number of hydrogen-bond donors (Lipinski definition) is 1. The number of carbonyl (C=O) groups is 3. The highest BCUT2D eigenvalue weighted by atomic mass is 16.5. The van der Waals surface area contributed by atoms with Gasteiger partial charge in [0.25, 0.3) is 11.8 Å². The van der Waals surface area contributed by atoms with E-state index in [4.69, 9.17) is 14.2 Å². The zero-order chi connectivity index (χ0) is 25.9. The Morgan fingerprint density at radius 3 is 1.78 bits per heavy atom. The third-order valence-corrected chi connectivity index (χ3v) is 5.41. The van der Waals surface area contributed by atoms with E-state index in [1.807, 2.05) is 60.7 Å². The first kappa shape index (κ1) is 26.3. The summed E-state index contributed by atoms with van der Waals surface area (Å²) in [4.78, 5) is 39.8. The molecular weight excluding hydrogens is 460 g/mol. The monoisotopic (exact) mass is 490 g/mol. The van der Waals surface area contributed by atoms with Crippen LogP contribution in [0.4, 0.5) is 0 Å². The van der Waals surface area contributed by atoms with Gasteiger partial charge < -0.3 is 24.4 Å². The summed E-state index contributed by atoms with van der Waals surface area (Å²) in [5, 5.41) is 2.51. The quantitative estimate of drug-likeness (QED) is 0.413. The molecule has 2 amide bonds. The number of rotatable bonds is 11. The van der Waals surface area contributed by atoms with Crippen LogP contribution in [0.15, 0.2) is 78.9 Å². The summed E-state index contributed by atoms with van der Waals surface area (Å²) in [5.74, 6) is -0.673. The van der Waals surface area contributed by atoms with Gasteiger partial charge in [0.1, 0.15) is 18.0 Å². The minimum atomic E-state index is -1.03. The summed E-state index contributed by atoms with van der Waals surface area (Å²) in [5.41, 5.74) is 2.18. The van der Waals surface area contributed by atoms with E-state index in [-0.39, 0.29) is 11.5 Å². The van der Waals surface area contributed by atoms with Crippen molar-refractivity contribution in [3.8, 4) is 11.5 Å². The van der Waals surface area contributed by atoms with Crippen LogP contribution in [0.5, 0.6) is 11.5 Å². The van der Waals surface area contributed by atoms with Gasteiger partial charge in [-0.3, -0.25) is 14.4 Å². The zero-order valence-electron chi connectivity index (χ0n) is 20.6. The second-order valence-electron chi connectivity index (χ2n) is 8.08. The summed E-state index contributed by atoms with van der Waals surface area (Å²) in [7, 11) is 2.95. The van der Waals surface area contributed by atoms with Gasteiger partial charge in [-0.1, -0.05) is 60.7 Å². The fourth-order valence-corrected chi connectivity index (χ4v) is 3.56. The van der Waals surface area contributed by atoms with Crippen molar-refractivity contribution in [1.29, 1.82) is 0 Å². The maximum atomic E-state index is 13.2. The first-order chi connectivity index (χ1) is 17.4. The smallest absolute Gasteiger partial charge is 0.326 e. The predicted molar refractivity (Wildman–Crippen MR) is 135 cm³/mol. The van der Waals surface area contributed by atoms with E-state index in [2.05, 4.69) is 5.32 Å². The van der Waals surface area contributed by atoms with Crippen molar-refractivity contribution in [1.82, 2.24) is 10.2 Å². The largest absolute Gasteiger partial charge is 0.497 e. The van der Waals surface area contributed by atoms with Crippen LogP contribution in [0.1, 0.15) is 28.4 Å². The molecule has 0 aromatic heterocycles. The van der Waals surface area contributed by atoms with Gasteiger partial charge in [0.05, 0.1) is 14.2 Å². The van der Waals surface area contributed by atoms with E-state index in [9.17, 15) is 14.4 Å². The van der Waals surface area contributed by atoms with Crippen LogP contribution in [0.3, 0.4) is 0 Å². The van der Waals surface area contributed by atoms with E-state index in [1.54, 1.807) is 11.0 Å². The number of nitrogens with one attached hydrogen (secondary N) is 1. The molecule has 8 heteroatoms. The summed E-state index contributed by atoms with van der Waals surface area (Å²) in [6, 6.07) is 23.9. The molecule has 1 N–H and O–H groups in total. The highest BCUT2D eigenvalue weighted by Gasteiger charge is 2.24. The molecule has 0 aliphatic rings. The zero-order valence-corrected chi connectivity index (χ0v) is 20.6. The van der Waals surface area contributed by atoms with Crippen molar-refractivity contribution in [2.24, 2.45) is 0 Å². The van der Waals surface area contributed by atoms with Crippen molar-refractivity contribution in [2.75, 3.05) is 20.8 Å². The summed E-state index contributed by atoms with van der Waals surface area (Å²) >= 11 is 0. The first-order valence-corrected chi connectivity index (χ1v) is 11.5. The Morgan fingerprint density at radius 2 is 1.31 bits per heavy atom. The molecule has 3 rings (SSSR count). The minimum Gasteiger partial charge on any atom is -0.497 e. The maximum Gasteiger partial charge on any atom is 0.326 e. The molecule has 0 saturated heterocycles. The molecule has 36 heavy (non-hydrogen) atoms. The molecule has 0 aliphatic carbocycles. The lowest BCUT2D eigenvalue weighted by Gasteiger charge is -2.26. The van der Waals surface area contributed by atoms with E-state index < -0.39 is 24.5 Å². The van der Waals surface area contributed by atoms with E-state index in [1.165, 1.54) is 33.3 Å². The minimum absolute atomic E-state index is 0.264. The average Bonchev–Trinajstić information content (AvgIpc) is 2.91. The van der Waals surface area contributed by atoms with Gasteiger partial charge in [0.2, 0.25) is 0 Å². The van der Waals surface area contributed by atoms with Crippen LogP contribution in [0.2, 0.25) is 0 Å². The van der Waals surface area contributed by atoms with Gasteiger partial charge in [-0.25, -0.2) is 0 Å². The fraction of sp³-hybridized carbons (Fsp3) is 0.250. The highest BCUT2D eigenvalue weighted by Crippen LogP contribution is 2.22. The molecule has 1 unspecified atom stereocenters. The van der Waals surface area contributed by atoms with Crippen LogP contribution in [-0.2, 0) is 27.4 Å². The van der Waals surface area contributed by atoms with Crippen LogP contribution in [0.25, 0.3) is 0 Å². The van der Waals surface area contributed by atoms with Crippen LogP contribution >= 0.6 is 0 Å². The third-order valence-electron chi connectivity index (χ3n) is 5.41. The molecular formula is C28H30N2O6. The van der Waals surface area contributed by atoms with Gasteiger partial charge in [0, 0.05) is 24.7 Å². The second kappa shape index (κ2) is 12.9. The molecule has 0 saturated carbocycles. The van der Waals surface area contributed by atoms with Gasteiger partial charge in [-0.15, -0.1) is 0 Å². The lowest BCUT2D eigenvalue weighted by Crippen LogP contribution is -2.41. The Labute approximate surface area is 210 Å². The Morgan fingerprint density at radius 1 is 0.806 bits per heavy atom. The normalized spacial score (nSPS) is 11.2. The lowest BCUT2D eigenvalue weighted by molar-refractivity contribution is -0.158. The van der Waals surface area contributed by atoms with Crippen molar-refractivity contribution >= 4 is 17.8 Å². The SMILES string of the molecule is COc1cc(OC)cc(C(=O)NCC(=O)OC(C)C(=O)N(Cc2ccccc2)Cc2ccccc2)c1. The van der Waals surface area contributed by atoms with Gasteiger partial charge in [0.15, 0.2) is 6.10 Å². The van der Waals surface area contributed by atoms with Crippen LogP contribution in [0, 0.1) is 0 Å². The van der Waals surface area contributed by atoms with Crippen molar-refractivity contribution < 1.29 is 28.6 Å². The molecule has 0 spiro atoms. The maximum absolute atomic E-state index is 13.2.